The average Bonchev–Trinajstić information content (AvgIpc) is 2.42. The Hall–Kier alpha value is -2.09. The van der Waals surface area contributed by atoms with Gasteiger partial charge in [0.2, 0.25) is 0 Å². The average molecular weight is 238 g/mol. The second-order valence-electron chi connectivity index (χ2n) is 4.26. The second kappa shape index (κ2) is 6.01. The number of rotatable bonds is 4. The molecule has 0 radical (unpaired) electrons. The first-order valence-corrected chi connectivity index (χ1v) is 6.24. The van der Waals surface area contributed by atoms with Crippen LogP contribution in [0.15, 0.2) is 59.7 Å². The third kappa shape index (κ3) is 3.20. The molecular formula is C16H18N2. The Bertz CT molecular complexity index is 513. The van der Waals surface area contributed by atoms with E-state index in [9.17, 15) is 0 Å². The van der Waals surface area contributed by atoms with E-state index in [1.807, 2.05) is 30.3 Å². The molecule has 0 bridgehead atoms. The lowest BCUT2D eigenvalue weighted by molar-refractivity contribution is 1.22. The molecule has 2 nitrogen and oxygen atoms in total. The fourth-order valence-electron chi connectivity index (χ4n) is 1.74. The molecule has 0 aliphatic heterocycles. The van der Waals surface area contributed by atoms with Crippen molar-refractivity contribution in [3.63, 3.8) is 0 Å². The van der Waals surface area contributed by atoms with Gasteiger partial charge in [0, 0.05) is 0 Å². The molecule has 0 fully saturated rings. The number of benzene rings is 2. The maximum absolute atomic E-state index is 4.48. The van der Waals surface area contributed by atoms with E-state index in [-0.39, 0.29) is 0 Å². The minimum Gasteiger partial charge on any atom is -0.278 e. The Labute approximate surface area is 108 Å². The molecule has 2 aromatic rings. The van der Waals surface area contributed by atoms with E-state index < -0.39 is 0 Å². The molecule has 2 rings (SSSR count). The SMILES string of the molecule is CC/C(=N\Nc1ccccc1)c1ccc(C)cc1. The number of aryl methyl sites for hydroxylation is 1. The van der Waals surface area contributed by atoms with E-state index in [4.69, 9.17) is 0 Å². The largest absolute Gasteiger partial charge is 0.278 e. The predicted molar refractivity (Wildman–Crippen MR) is 78.1 cm³/mol. The molecule has 1 N–H and O–H groups in total. The highest BCUT2D eigenvalue weighted by atomic mass is 15.3. The molecule has 0 saturated heterocycles. The van der Waals surface area contributed by atoms with Crippen LogP contribution in [0, 0.1) is 6.92 Å². The van der Waals surface area contributed by atoms with Gasteiger partial charge in [-0.05, 0) is 31.0 Å². The fourth-order valence-corrected chi connectivity index (χ4v) is 1.74. The van der Waals surface area contributed by atoms with Gasteiger partial charge in [0.1, 0.15) is 0 Å². The van der Waals surface area contributed by atoms with Crippen LogP contribution >= 0.6 is 0 Å². The lowest BCUT2D eigenvalue weighted by atomic mass is 10.1. The standard InChI is InChI=1S/C16H18N2/c1-3-16(14-11-9-13(2)10-12-14)18-17-15-7-5-4-6-8-15/h4-12,17H,3H2,1-2H3/b18-16+. The molecule has 2 heteroatoms. The fraction of sp³-hybridized carbons (Fsp3) is 0.188. The van der Waals surface area contributed by atoms with E-state index in [0.717, 1.165) is 17.8 Å². The molecule has 0 amide bonds. The number of nitrogens with zero attached hydrogens (tertiary/aromatic N) is 1. The zero-order valence-corrected chi connectivity index (χ0v) is 10.9. The minimum absolute atomic E-state index is 0.906. The topological polar surface area (TPSA) is 24.4 Å². The third-order valence-corrected chi connectivity index (χ3v) is 2.81. The predicted octanol–water partition coefficient (Wildman–Crippen LogP) is 4.22. The molecule has 18 heavy (non-hydrogen) atoms. The van der Waals surface area contributed by atoms with Crippen LogP contribution in [0.3, 0.4) is 0 Å². The zero-order valence-electron chi connectivity index (χ0n) is 10.9. The highest BCUT2D eigenvalue weighted by Gasteiger charge is 2.00. The summed E-state index contributed by atoms with van der Waals surface area (Å²) in [5.41, 5.74) is 7.62. The first kappa shape index (κ1) is 12.4. The number of hydrogen-bond donors (Lipinski definition) is 1. The summed E-state index contributed by atoms with van der Waals surface area (Å²) in [6.07, 6.45) is 0.906. The Kier molecular flexibility index (Phi) is 4.13. The molecule has 0 atom stereocenters. The normalized spacial score (nSPS) is 11.3. The molecule has 0 aliphatic carbocycles. The van der Waals surface area contributed by atoms with Crippen molar-refractivity contribution < 1.29 is 0 Å². The van der Waals surface area contributed by atoms with Gasteiger partial charge in [0.25, 0.3) is 0 Å². The van der Waals surface area contributed by atoms with Crippen molar-refractivity contribution in [3.8, 4) is 0 Å². The van der Waals surface area contributed by atoms with Crippen molar-refractivity contribution >= 4 is 11.4 Å². The number of hydrazone groups is 1. The van der Waals surface area contributed by atoms with Crippen LogP contribution < -0.4 is 5.43 Å². The number of nitrogens with one attached hydrogen (secondary N) is 1. The molecule has 2 aromatic carbocycles. The summed E-state index contributed by atoms with van der Waals surface area (Å²) < 4.78 is 0. The van der Waals surface area contributed by atoms with Crippen LogP contribution in [0.25, 0.3) is 0 Å². The van der Waals surface area contributed by atoms with Crippen molar-refractivity contribution in [3.05, 3.63) is 65.7 Å². The number of hydrogen-bond acceptors (Lipinski definition) is 2. The van der Waals surface area contributed by atoms with E-state index in [1.54, 1.807) is 0 Å². The monoisotopic (exact) mass is 238 g/mol. The Morgan fingerprint density at radius 2 is 1.67 bits per heavy atom. The van der Waals surface area contributed by atoms with Gasteiger partial charge in [-0.3, -0.25) is 5.43 Å². The van der Waals surface area contributed by atoms with Crippen molar-refractivity contribution in [1.29, 1.82) is 0 Å². The highest BCUT2D eigenvalue weighted by molar-refractivity contribution is 6.00. The maximum Gasteiger partial charge on any atom is 0.0676 e. The summed E-state index contributed by atoms with van der Waals surface area (Å²) in [6, 6.07) is 18.5. The van der Waals surface area contributed by atoms with Crippen LogP contribution in [0.4, 0.5) is 5.69 Å². The van der Waals surface area contributed by atoms with Gasteiger partial charge in [-0.1, -0.05) is 55.0 Å². The van der Waals surface area contributed by atoms with E-state index in [2.05, 4.69) is 48.6 Å². The lowest BCUT2D eigenvalue weighted by Gasteiger charge is -2.06. The smallest absolute Gasteiger partial charge is 0.0676 e. The number of anilines is 1. The zero-order chi connectivity index (χ0) is 12.8. The Balaban J connectivity index is 2.16. The molecule has 0 heterocycles. The van der Waals surface area contributed by atoms with Crippen molar-refractivity contribution in [2.45, 2.75) is 20.3 Å². The molecule has 0 saturated carbocycles. The van der Waals surface area contributed by atoms with E-state index >= 15 is 0 Å². The van der Waals surface area contributed by atoms with Gasteiger partial charge in [-0.2, -0.15) is 5.10 Å². The van der Waals surface area contributed by atoms with Crippen LogP contribution in [0.2, 0.25) is 0 Å². The third-order valence-electron chi connectivity index (χ3n) is 2.81. The summed E-state index contributed by atoms with van der Waals surface area (Å²) in [5.74, 6) is 0. The minimum atomic E-state index is 0.906. The quantitative estimate of drug-likeness (QED) is 0.626. The van der Waals surface area contributed by atoms with E-state index in [1.165, 1.54) is 11.1 Å². The lowest BCUT2D eigenvalue weighted by Crippen LogP contribution is -2.03. The van der Waals surface area contributed by atoms with Crippen molar-refractivity contribution in [2.75, 3.05) is 5.43 Å². The highest BCUT2D eigenvalue weighted by Crippen LogP contribution is 2.09. The first-order chi connectivity index (χ1) is 8.79. The second-order valence-corrected chi connectivity index (χ2v) is 4.26. The number of para-hydroxylation sites is 1. The van der Waals surface area contributed by atoms with Crippen molar-refractivity contribution in [1.82, 2.24) is 0 Å². The van der Waals surface area contributed by atoms with Gasteiger partial charge in [0.05, 0.1) is 11.4 Å². The summed E-state index contributed by atoms with van der Waals surface area (Å²) in [4.78, 5) is 0. The van der Waals surface area contributed by atoms with Gasteiger partial charge >= 0.3 is 0 Å². The van der Waals surface area contributed by atoms with Crippen molar-refractivity contribution in [2.24, 2.45) is 5.10 Å². The van der Waals surface area contributed by atoms with Gasteiger partial charge in [-0.15, -0.1) is 0 Å². The van der Waals surface area contributed by atoms with Crippen LogP contribution in [0.1, 0.15) is 24.5 Å². The summed E-state index contributed by atoms with van der Waals surface area (Å²) in [7, 11) is 0. The van der Waals surface area contributed by atoms with Crippen LogP contribution in [0.5, 0.6) is 0 Å². The summed E-state index contributed by atoms with van der Waals surface area (Å²) in [6.45, 7) is 4.21. The molecule has 0 aliphatic rings. The molecule has 0 aromatic heterocycles. The summed E-state index contributed by atoms with van der Waals surface area (Å²) in [5, 5.41) is 4.48. The molecule has 0 unspecified atom stereocenters. The van der Waals surface area contributed by atoms with Gasteiger partial charge in [-0.25, -0.2) is 0 Å². The Morgan fingerprint density at radius 1 is 1.00 bits per heavy atom. The van der Waals surface area contributed by atoms with E-state index in [0.29, 0.717) is 0 Å². The maximum atomic E-state index is 4.48. The molecule has 92 valence electrons. The van der Waals surface area contributed by atoms with Crippen LogP contribution in [-0.4, -0.2) is 5.71 Å². The van der Waals surface area contributed by atoms with Crippen LogP contribution in [-0.2, 0) is 0 Å². The van der Waals surface area contributed by atoms with Gasteiger partial charge in [0.15, 0.2) is 0 Å². The molecular weight excluding hydrogens is 220 g/mol. The van der Waals surface area contributed by atoms with Gasteiger partial charge < -0.3 is 0 Å². The Morgan fingerprint density at radius 3 is 2.28 bits per heavy atom. The summed E-state index contributed by atoms with van der Waals surface area (Å²) >= 11 is 0. The molecule has 0 spiro atoms. The first-order valence-electron chi connectivity index (χ1n) is 6.24.